The van der Waals surface area contributed by atoms with Gasteiger partial charge in [0, 0.05) is 6.42 Å². The van der Waals surface area contributed by atoms with Gasteiger partial charge in [0.2, 0.25) is 0 Å². The second-order valence-corrected chi connectivity index (χ2v) is 4.09. The van der Waals surface area contributed by atoms with E-state index >= 15 is 0 Å². The Hall–Kier alpha value is -1.83. The fourth-order valence-corrected chi connectivity index (χ4v) is 1.77. The van der Waals surface area contributed by atoms with Gasteiger partial charge < -0.3 is 4.74 Å². The second-order valence-electron chi connectivity index (χ2n) is 4.09. The minimum Gasteiger partial charge on any atom is -0.461 e. The first-order chi connectivity index (χ1) is 8.29. The Bertz CT molecular complexity index is 517. The number of hydrogen-bond acceptors (Lipinski definition) is 2. The molecule has 0 aliphatic carbocycles. The van der Waals surface area contributed by atoms with Crippen LogP contribution in [0.4, 0.5) is 0 Å². The van der Waals surface area contributed by atoms with Gasteiger partial charge in [-0.1, -0.05) is 43.3 Å². The first-order valence-electron chi connectivity index (χ1n) is 5.93. The topological polar surface area (TPSA) is 26.3 Å². The summed E-state index contributed by atoms with van der Waals surface area (Å²) >= 11 is 0. The zero-order valence-electron chi connectivity index (χ0n) is 9.98. The Morgan fingerprint density at radius 1 is 1.12 bits per heavy atom. The molecule has 0 aliphatic rings. The van der Waals surface area contributed by atoms with Crippen LogP contribution in [0.2, 0.25) is 0 Å². The lowest BCUT2D eigenvalue weighted by Crippen LogP contribution is -2.03. The Kier molecular flexibility index (Phi) is 3.76. The molecule has 88 valence electrons. The van der Waals surface area contributed by atoms with E-state index in [2.05, 4.69) is 24.3 Å². The molecule has 0 unspecified atom stereocenters. The van der Waals surface area contributed by atoms with E-state index < -0.39 is 0 Å². The second kappa shape index (κ2) is 5.48. The maximum atomic E-state index is 11.3. The minimum absolute atomic E-state index is 0.124. The van der Waals surface area contributed by atoms with E-state index in [4.69, 9.17) is 4.74 Å². The lowest BCUT2D eigenvalue weighted by Gasteiger charge is -2.05. The van der Waals surface area contributed by atoms with Crippen LogP contribution in [0, 0.1) is 0 Å². The molecule has 0 saturated carbocycles. The van der Waals surface area contributed by atoms with Crippen molar-refractivity contribution in [2.75, 3.05) is 0 Å². The van der Waals surface area contributed by atoms with Gasteiger partial charge in [0.15, 0.2) is 0 Å². The van der Waals surface area contributed by atoms with Crippen LogP contribution in [-0.2, 0) is 16.1 Å². The molecule has 2 heteroatoms. The number of ether oxygens (including phenoxy) is 1. The van der Waals surface area contributed by atoms with E-state index in [1.54, 1.807) is 0 Å². The normalized spacial score (nSPS) is 10.4. The van der Waals surface area contributed by atoms with E-state index in [-0.39, 0.29) is 5.97 Å². The van der Waals surface area contributed by atoms with Crippen LogP contribution >= 0.6 is 0 Å². The van der Waals surface area contributed by atoms with Crippen LogP contribution < -0.4 is 0 Å². The maximum Gasteiger partial charge on any atom is 0.306 e. The number of benzene rings is 2. The Morgan fingerprint density at radius 2 is 1.88 bits per heavy atom. The predicted molar refractivity (Wildman–Crippen MR) is 68.7 cm³/mol. The number of carbonyl (C=O) groups is 1. The van der Waals surface area contributed by atoms with Gasteiger partial charge in [-0.25, -0.2) is 0 Å². The van der Waals surface area contributed by atoms with E-state index in [0.717, 1.165) is 12.0 Å². The first-order valence-corrected chi connectivity index (χ1v) is 5.93. The van der Waals surface area contributed by atoms with Crippen molar-refractivity contribution in [3.8, 4) is 0 Å². The summed E-state index contributed by atoms with van der Waals surface area (Å²) in [4.78, 5) is 11.3. The Balaban J connectivity index is 2.06. The molecule has 17 heavy (non-hydrogen) atoms. The molecule has 0 radical (unpaired) electrons. The predicted octanol–water partition coefficient (Wildman–Crippen LogP) is 3.68. The van der Waals surface area contributed by atoms with Crippen LogP contribution in [0.15, 0.2) is 42.5 Å². The van der Waals surface area contributed by atoms with E-state index in [1.807, 2.05) is 25.1 Å². The number of hydrogen-bond donors (Lipinski definition) is 0. The number of rotatable bonds is 4. The van der Waals surface area contributed by atoms with Crippen molar-refractivity contribution in [2.24, 2.45) is 0 Å². The molecule has 2 aromatic rings. The van der Waals surface area contributed by atoms with Crippen LogP contribution in [-0.4, -0.2) is 5.97 Å². The van der Waals surface area contributed by atoms with Crippen molar-refractivity contribution in [3.05, 3.63) is 48.0 Å². The van der Waals surface area contributed by atoms with Crippen molar-refractivity contribution in [1.29, 1.82) is 0 Å². The van der Waals surface area contributed by atoms with Gasteiger partial charge in [0.25, 0.3) is 0 Å². The minimum atomic E-state index is -0.124. The lowest BCUT2D eigenvalue weighted by atomic mass is 10.1. The molecule has 0 fully saturated rings. The summed E-state index contributed by atoms with van der Waals surface area (Å²) in [7, 11) is 0. The first kappa shape index (κ1) is 11.6. The molecule has 0 heterocycles. The van der Waals surface area contributed by atoms with Crippen molar-refractivity contribution in [1.82, 2.24) is 0 Å². The number of esters is 1. The van der Waals surface area contributed by atoms with Crippen LogP contribution in [0.5, 0.6) is 0 Å². The van der Waals surface area contributed by atoms with Gasteiger partial charge in [0.05, 0.1) is 0 Å². The zero-order chi connectivity index (χ0) is 12.1. The van der Waals surface area contributed by atoms with Crippen molar-refractivity contribution >= 4 is 16.7 Å². The lowest BCUT2D eigenvalue weighted by molar-refractivity contribution is -0.144. The molecule has 0 atom stereocenters. The number of carbonyl (C=O) groups excluding carboxylic acids is 1. The summed E-state index contributed by atoms with van der Waals surface area (Å²) in [6.07, 6.45) is 1.32. The van der Waals surface area contributed by atoms with E-state index in [1.165, 1.54) is 10.8 Å². The molecular weight excluding hydrogens is 212 g/mol. The molecular formula is C15H16O2. The van der Waals surface area contributed by atoms with Crippen LogP contribution in [0.25, 0.3) is 10.8 Å². The summed E-state index contributed by atoms with van der Waals surface area (Å²) in [5, 5.41) is 2.38. The Morgan fingerprint density at radius 3 is 2.65 bits per heavy atom. The van der Waals surface area contributed by atoms with Gasteiger partial charge >= 0.3 is 5.97 Å². The molecule has 0 aromatic heterocycles. The molecule has 2 aromatic carbocycles. The van der Waals surface area contributed by atoms with Crippen LogP contribution in [0.3, 0.4) is 0 Å². The smallest absolute Gasteiger partial charge is 0.306 e. The largest absolute Gasteiger partial charge is 0.461 e. The summed E-state index contributed by atoms with van der Waals surface area (Å²) in [6, 6.07) is 14.3. The van der Waals surface area contributed by atoms with Crippen molar-refractivity contribution < 1.29 is 9.53 Å². The fourth-order valence-electron chi connectivity index (χ4n) is 1.77. The Labute approximate surface area is 101 Å². The maximum absolute atomic E-state index is 11.3. The molecule has 2 rings (SSSR count). The van der Waals surface area contributed by atoms with Gasteiger partial charge in [-0.05, 0) is 28.8 Å². The van der Waals surface area contributed by atoms with E-state index in [9.17, 15) is 4.79 Å². The highest BCUT2D eigenvalue weighted by Gasteiger charge is 2.02. The zero-order valence-corrected chi connectivity index (χ0v) is 9.98. The third-order valence-electron chi connectivity index (χ3n) is 2.67. The molecule has 0 bridgehead atoms. The molecule has 0 N–H and O–H groups in total. The summed E-state index contributed by atoms with van der Waals surface area (Å²) in [6.45, 7) is 2.33. The monoisotopic (exact) mass is 228 g/mol. The molecule has 0 amide bonds. The van der Waals surface area contributed by atoms with Crippen molar-refractivity contribution in [2.45, 2.75) is 26.4 Å². The summed E-state index contributed by atoms with van der Waals surface area (Å²) in [5.74, 6) is -0.124. The quantitative estimate of drug-likeness (QED) is 0.746. The molecule has 0 spiro atoms. The van der Waals surface area contributed by atoms with Gasteiger partial charge in [0.1, 0.15) is 6.61 Å². The number of fused-ring (bicyclic) bond motifs is 1. The highest BCUT2D eigenvalue weighted by molar-refractivity contribution is 5.83. The van der Waals surface area contributed by atoms with Crippen molar-refractivity contribution in [3.63, 3.8) is 0 Å². The third-order valence-corrected chi connectivity index (χ3v) is 2.67. The van der Waals surface area contributed by atoms with Gasteiger partial charge in [-0.15, -0.1) is 0 Å². The van der Waals surface area contributed by atoms with Gasteiger partial charge in [-0.3, -0.25) is 4.79 Å². The fraction of sp³-hybridized carbons (Fsp3) is 0.267. The van der Waals surface area contributed by atoms with Crippen LogP contribution in [0.1, 0.15) is 25.3 Å². The molecule has 0 saturated heterocycles. The average Bonchev–Trinajstić information content (AvgIpc) is 2.36. The highest BCUT2D eigenvalue weighted by atomic mass is 16.5. The molecule has 0 aliphatic heterocycles. The van der Waals surface area contributed by atoms with Gasteiger partial charge in [-0.2, -0.15) is 0 Å². The third kappa shape index (κ3) is 3.06. The summed E-state index contributed by atoms with van der Waals surface area (Å²) < 4.78 is 5.18. The average molecular weight is 228 g/mol. The standard InChI is InChI=1S/C15H16O2/c1-2-5-15(16)17-11-12-8-9-13-6-3-4-7-14(13)10-12/h3-4,6-10H,2,5,11H2,1H3. The van der Waals surface area contributed by atoms with E-state index in [0.29, 0.717) is 13.0 Å². The highest BCUT2D eigenvalue weighted by Crippen LogP contribution is 2.16. The molecule has 2 nitrogen and oxygen atoms in total. The summed E-state index contributed by atoms with van der Waals surface area (Å²) in [5.41, 5.74) is 1.04. The SMILES string of the molecule is CCCC(=O)OCc1ccc2ccccc2c1.